The van der Waals surface area contributed by atoms with Crippen LogP contribution in [0.3, 0.4) is 0 Å². The van der Waals surface area contributed by atoms with Crippen LogP contribution in [0.2, 0.25) is 5.02 Å². The first-order valence-corrected chi connectivity index (χ1v) is 9.37. The smallest absolute Gasteiger partial charge is 0.193 e. The van der Waals surface area contributed by atoms with E-state index in [1.165, 1.54) is 0 Å². The molecule has 1 atom stereocenters. The Morgan fingerprint density at radius 2 is 2.12 bits per heavy atom. The highest BCUT2D eigenvalue weighted by molar-refractivity contribution is 6.30. The number of nitrogens with one attached hydrogen (secondary N) is 1. The predicted octanol–water partition coefficient (Wildman–Crippen LogP) is 3.36. The first-order valence-electron chi connectivity index (χ1n) is 9.00. The third-order valence-corrected chi connectivity index (χ3v) is 4.83. The molecule has 7 heteroatoms. The first-order chi connectivity index (χ1) is 12.5. The molecule has 0 fully saturated rings. The fourth-order valence-electron chi connectivity index (χ4n) is 3.17. The van der Waals surface area contributed by atoms with Gasteiger partial charge in [-0.05, 0) is 31.3 Å². The third-order valence-electron chi connectivity index (χ3n) is 4.63. The van der Waals surface area contributed by atoms with Gasteiger partial charge in [-0.2, -0.15) is 0 Å². The SMILES string of the molecule is CCN(CC)C(CNC(=NC)N(C)Cc1cc(Cl)cn1C)c1ccco1. The Morgan fingerprint density at radius 1 is 1.38 bits per heavy atom. The summed E-state index contributed by atoms with van der Waals surface area (Å²) in [5.41, 5.74) is 1.13. The average Bonchev–Trinajstić information content (AvgIpc) is 3.24. The van der Waals surface area contributed by atoms with Gasteiger partial charge in [0.25, 0.3) is 0 Å². The molecule has 1 N–H and O–H groups in total. The van der Waals surface area contributed by atoms with Crippen molar-refractivity contribution in [2.24, 2.45) is 12.0 Å². The van der Waals surface area contributed by atoms with Crippen LogP contribution in [0.4, 0.5) is 0 Å². The lowest BCUT2D eigenvalue weighted by Gasteiger charge is -2.30. The summed E-state index contributed by atoms with van der Waals surface area (Å²) in [5, 5.41) is 4.23. The molecule has 0 radical (unpaired) electrons. The van der Waals surface area contributed by atoms with Crippen molar-refractivity contribution in [2.75, 3.05) is 33.7 Å². The van der Waals surface area contributed by atoms with Gasteiger partial charge in [-0.15, -0.1) is 0 Å². The van der Waals surface area contributed by atoms with Gasteiger partial charge >= 0.3 is 0 Å². The standard InChI is InChI=1S/C19H30ClN5O/c1-6-25(7-2)17(18-9-8-10-26-18)12-22-19(21-3)24(5)14-16-11-15(20)13-23(16)4/h8-11,13,17H,6-7,12,14H2,1-5H3,(H,21,22). The number of aromatic nitrogens is 1. The van der Waals surface area contributed by atoms with Gasteiger partial charge in [-0.3, -0.25) is 9.89 Å². The summed E-state index contributed by atoms with van der Waals surface area (Å²) in [6.45, 7) is 7.69. The molecule has 0 saturated carbocycles. The van der Waals surface area contributed by atoms with Crippen LogP contribution in [-0.4, -0.2) is 54.1 Å². The van der Waals surface area contributed by atoms with Crippen LogP contribution in [0.5, 0.6) is 0 Å². The Balaban J connectivity index is 2.04. The number of halogens is 1. The zero-order chi connectivity index (χ0) is 19.1. The van der Waals surface area contributed by atoms with E-state index in [9.17, 15) is 0 Å². The van der Waals surface area contributed by atoms with Gasteiger partial charge in [-0.25, -0.2) is 0 Å². The molecule has 0 spiro atoms. The van der Waals surface area contributed by atoms with E-state index in [0.717, 1.165) is 48.6 Å². The number of nitrogens with zero attached hydrogens (tertiary/aromatic N) is 4. The molecule has 0 aromatic carbocycles. The Labute approximate surface area is 161 Å². The predicted molar refractivity (Wildman–Crippen MR) is 108 cm³/mol. The van der Waals surface area contributed by atoms with E-state index in [2.05, 4.69) is 34.0 Å². The zero-order valence-corrected chi connectivity index (χ0v) is 17.1. The number of hydrogen-bond acceptors (Lipinski definition) is 3. The van der Waals surface area contributed by atoms with Gasteiger partial charge in [0.1, 0.15) is 5.76 Å². The molecule has 0 saturated heterocycles. The van der Waals surface area contributed by atoms with E-state index in [1.54, 1.807) is 13.3 Å². The quantitative estimate of drug-likeness (QED) is 0.564. The van der Waals surface area contributed by atoms with Crippen molar-refractivity contribution in [1.29, 1.82) is 0 Å². The van der Waals surface area contributed by atoms with Crippen molar-refractivity contribution < 1.29 is 4.42 Å². The van der Waals surface area contributed by atoms with Crippen LogP contribution < -0.4 is 5.32 Å². The first kappa shape index (κ1) is 20.4. The molecule has 2 rings (SSSR count). The van der Waals surface area contributed by atoms with Gasteiger partial charge in [0, 0.05) is 39.6 Å². The molecule has 0 bridgehead atoms. The molecule has 144 valence electrons. The lowest BCUT2D eigenvalue weighted by Crippen LogP contribution is -2.43. The normalized spacial score (nSPS) is 13.3. The fraction of sp³-hybridized carbons (Fsp3) is 0.526. The third kappa shape index (κ3) is 5.05. The minimum Gasteiger partial charge on any atom is -0.468 e. The van der Waals surface area contributed by atoms with Gasteiger partial charge in [-0.1, -0.05) is 25.4 Å². The Kier molecular flexibility index (Phi) is 7.60. The minimum absolute atomic E-state index is 0.162. The maximum atomic E-state index is 6.09. The van der Waals surface area contributed by atoms with Gasteiger partial charge in [0.05, 0.1) is 23.9 Å². The Morgan fingerprint density at radius 3 is 2.62 bits per heavy atom. The maximum Gasteiger partial charge on any atom is 0.193 e. The molecule has 2 aromatic heterocycles. The van der Waals surface area contributed by atoms with Crippen molar-refractivity contribution >= 4 is 17.6 Å². The second-order valence-corrected chi connectivity index (χ2v) is 6.73. The van der Waals surface area contributed by atoms with Crippen molar-refractivity contribution in [3.8, 4) is 0 Å². The van der Waals surface area contributed by atoms with Crippen molar-refractivity contribution in [3.05, 3.63) is 47.1 Å². The highest BCUT2D eigenvalue weighted by Gasteiger charge is 2.21. The van der Waals surface area contributed by atoms with Gasteiger partial charge in [0.2, 0.25) is 0 Å². The number of aryl methyl sites for hydroxylation is 1. The number of likely N-dealkylation sites (N-methyl/N-ethyl adjacent to an activating group) is 1. The fourth-order valence-corrected chi connectivity index (χ4v) is 3.44. The summed E-state index contributed by atoms with van der Waals surface area (Å²) >= 11 is 6.09. The summed E-state index contributed by atoms with van der Waals surface area (Å²) in [6.07, 6.45) is 3.64. The Hall–Kier alpha value is -1.92. The second-order valence-electron chi connectivity index (χ2n) is 6.30. The van der Waals surface area contributed by atoms with E-state index >= 15 is 0 Å². The van der Waals surface area contributed by atoms with Crippen LogP contribution in [0.15, 0.2) is 40.1 Å². The van der Waals surface area contributed by atoms with E-state index in [4.69, 9.17) is 16.0 Å². The van der Waals surface area contributed by atoms with Crippen LogP contribution >= 0.6 is 11.6 Å². The summed E-state index contributed by atoms with van der Waals surface area (Å²) in [6, 6.07) is 6.11. The summed E-state index contributed by atoms with van der Waals surface area (Å²) < 4.78 is 7.70. The van der Waals surface area contributed by atoms with Gasteiger partial charge < -0.3 is 19.2 Å². The molecule has 2 heterocycles. The highest BCUT2D eigenvalue weighted by Crippen LogP contribution is 2.20. The molecule has 2 aromatic rings. The number of furan rings is 1. The zero-order valence-electron chi connectivity index (χ0n) is 16.4. The summed E-state index contributed by atoms with van der Waals surface area (Å²) in [4.78, 5) is 8.89. The summed E-state index contributed by atoms with van der Waals surface area (Å²) in [5.74, 6) is 1.81. The van der Waals surface area contributed by atoms with Crippen LogP contribution in [-0.2, 0) is 13.6 Å². The number of rotatable bonds is 8. The molecule has 0 aliphatic rings. The van der Waals surface area contributed by atoms with Crippen LogP contribution in [0.25, 0.3) is 0 Å². The monoisotopic (exact) mass is 379 g/mol. The van der Waals surface area contributed by atoms with E-state index in [0.29, 0.717) is 0 Å². The van der Waals surface area contributed by atoms with E-state index in [1.807, 2.05) is 43.1 Å². The van der Waals surface area contributed by atoms with Crippen molar-refractivity contribution in [1.82, 2.24) is 19.7 Å². The highest BCUT2D eigenvalue weighted by atomic mass is 35.5. The lowest BCUT2D eigenvalue weighted by atomic mass is 10.2. The molecule has 1 unspecified atom stereocenters. The van der Waals surface area contributed by atoms with Crippen LogP contribution in [0, 0.1) is 0 Å². The maximum absolute atomic E-state index is 6.09. The van der Waals surface area contributed by atoms with Crippen LogP contribution in [0.1, 0.15) is 31.3 Å². The minimum atomic E-state index is 0.162. The van der Waals surface area contributed by atoms with Gasteiger partial charge in [0.15, 0.2) is 5.96 Å². The molecule has 26 heavy (non-hydrogen) atoms. The largest absolute Gasteiger partial charge is 0.468 e. The molecule has 6 nitrogen and oxygen atoms in total. The Bertz CT molecular complexity index is 691. The van der Waals surface area contributed by atoms with E-state index < -0.39 is 0 Å². The molecule has 0 aliphatic heterocycles. The number of guanidine groups is 1. The lowest BCUT2D eigenvalue weighted by molar-refractivity contribution is 0.192. The summed E-state index contributed by atoms with van der Waals surface area (Å²) in [7, 11) is 5.82. The molecular formula is C19H30ClN5O. The molecule has 0 amide bonds. The topological polar surface area (TPSA) is 48.9 Å². The molecular weight excluding hydrogens is 350 g/mol. The van der Waals surface area contributed by atoms with E-state index in [-0.39, 0.29) is 6.04 Å². The van der Waals surface area contributed by atoms with Crippen molar-refractivity contribution in [2.45, 2.75) is 26.4 Å². The second kappa shape index (κ2) is 9.69. The van der Waals surface area contributed by atoms with Crippen molar-refractivity contribution in [3.63, 3.8) is 0 Å². The molecule has 0 aliphatic carbocycles. The number of aliphatic imine (C=N–C) groups is 1. The average molecular weight is 380 g/mol. The number of hydrogen-bond donors (Lipinski definition) is 1.